The van der Waals surface area contributed by atoms with Crippen molar-refractivity contribution in [3.8, 4) is 0 Å². The molecule has 1 saturated heterocycles. The number of hydrogen-bond donors (Lipinski definition) is 3. The third-order valence-corrected chi connectivity index (χ3v) is 4.07. The van der Waals surface area contributed by atoms with Crippen LogP contribution in [0, 0.1) is 11.7 Å². The van der Waals surface area contributed by atoms with Crippen molar-refractivity contribution in [1.82, 2.24) is 9.55 Å². The second-order valence-electron chi connectivity index (χ2n) is 6.08. The van der Waals surface area contributed by atoms with E-state index in [4.69, 9.17) is 9.47 Å². The summed E-state index contributed by atoms with van der Waals surface area (Å²) in [5, 5.41) is 21.6. The Hall–Kier alpha value is -2.04. The van der Waals surface area contributed by atoms with Gasteiger partial charge in [-0.1, -0.05) is 20.3 Å². The van der Waals surface area contributed by atoms with E-state index in [1.807, 2.05) is 13.8 Å². The molecule has 0 aliphatic carbocycles. The molecule has 10 heteroatoms. The van der Waals surface area contributed by atoms with Crippen LogP contribution in [0.15, 0.2) is 11.0 Å². The molecule has 2 heterocycles. The lowest BCUT2D eigenvalue weighted by atomic mass is 10.1. The summed E-state index contributed by atoms with van der Waals surface area (Å²) in [5.74, 6) is -1.45. The van der Waals surface area contributed by atoms with Crippen LogP contribution in [-0.4, -0.2) is 50.8 Å². The first-order chi connectivity index (χ1) is 11.7. The zero-order valence-corrected chi connectivity index (χ0v) is 14.2. The molecule has 0 unspecified atom stereocenters. The highest BCUT2D eigenvalue weighted by Crippen LogP contribution is 2.28. The molecule has 1 aromatic heterocycles. The van der Waals surface area contributed by atoms with E-state index in [1.165, 1.54) is 6.92 Å². The van der Waals surface area contributed by atoms with Gasteiger partial charge in [0, 0.05) is 0 Å². The minimum absolute atomic E-state index is 0.144. The van der Waals surface area contributed by atoms with Gasteiger partial charge in [0.05, 0.1) is 18.9 Å². The van der Waals surface area contributed by atoms with Gasteiger partial charge in [0.15, 0.2) is 17.9 Å². The molecule has 140 valence electrons. The molecular weight excluding hydrogens is 337 g/mol. The van der Waals surface area contributed by atoms with Gasteiger partial charge in [0.1, 0.15) is 12.2 Å². The normalized spacial score (nSPS) is 27.1. The Morgan fingerprint density at radius 3 is 2.76 bits per heavy atom. The van der Waals surface area contributed by atoms with Crippen molar-refractivity contribution in [3.05, 3.63) is 22.5 Å². The molecule has 1 aromatic rings. The molecule has 0 saturated carbocycles. The molecule has 5 atom stereocenters. The predicted octanol–water partition coefficient (Wildman–Crippen LogP) is 0.616. The predicted molar refractivity (Wildman–Crippen MR) is 84.5 cm³/mol. The minimum atomic E-state index is -1.41. The zero-order chi connectivity index (χ0) is 18.7. The fraction of sp³-hybridized carbons (Fsp3) is 0.667. The van der Waals surface area contributed by atoms with E-state index < -0.39 is 48.0 Å². The quantitative estimate of drug-likeness (QED) is 0.704. The molecule has 0 bridgehead atoms. The van der Waals surface area contributed by atoms with Crippen molar-refractivity contribution in [2.75, 3.05) is 11.9 Å². The summed E-state index contributed by atoms with van der Waals surface area (Å²) in [6, 6.07) is 0. The Labute approximate surface area is 143 Å². The van der Waals surface area contributed by atoms with Gasteiger partial charge >= 0.3 is 11.8 Å². The van der Waals surface area contributed by atoms with Crippen LogP contribution in [0.5, 0.6) is 0 Å². The van der Waals surface area contributed by atoms with Crippen LogP contribution in [0.2, 0.25) is 0 Å². The smallest absolute Gasteiger partial charge is 0.412 e. The van der Waals surface area contributed by atoms with E-state index in [1.54, 1.807) is 0 Å². The number of nitrogens with one attached hydrogen (secondary N) is 1. The number of halogens is 1. The molecule has 0 aromatic carbocycles. The number of carbonyl (C=O) groups is 1. The maximum atomic E-state index is 14.1. The number of carbonyl (C=O) groups excluding carboxylic acids is 1. The summed E-state index contributed by atoms with van der Waals surface area (Å²) in [6.07, 6.45) is -4.00. The van der Waals surface area contributed by atoms with Crippen molar-refractivity contribution in [1.29, 1.82) is 0 Å². The molecule has 2 rings (SSSR count). The Bertz CT molecular complexity index is 682. The number of anilines is 1. The van der Waals surface area contributed by atoms with Crippen LogP contribution >= 0.6 is 0 Å². The highest BCUT2D eigenvalue weighted by Gasteiger charge is 2.42. The highest BCUT2D eigenvalue weighted by atomic mass is 19.1. The van der Waals surface area contributed by atoms with Gasteiger partial charge in [-0.3, -0.25) is 9.88 Å². The standard InChI is InChI=1S/C15H22FN3O6/c1-4-7(2)6-24-15(23)18-12-9(16)5-19(14(22)17-12)13-11(21)10(20)8(3)25-13/h5,7-8,10-11,13,20-21H,4,6H2,1-3H3,(H,17,18,22,23)/t7-,8+,10-,11-,13+/m0/s1. The maximum absolute atomic E-state index is 14.1. The molecule has 1 aliphatic rings. The SMILES string of the molecule is CC[C@H](C)COC(=O)Nc1nc(=O)n([C@@H]2O[C@H](C)[C@H](O)[C@@H]2O)cc1F. The second kappa shape index (κ2) is 7.89. The fourth-order valence-electron chi connectivity index (χ4n) is 2.24. The Kier molecular flexibility index (Phi) is 6.09. The summed E-state index contributed by atoms with van der Waals surface area (Å²) in [5.41, 5.74) is -0.955. The molecule has 25 heavy (non-hydrogen) atoms. The highest BCUT2D eigenvalue weighted by molar-refractivity contribution is 5.83. The van der Waals surface area contributed by atoms with Crippen LogP contribution in [0.1, 0.15) is 33.4 Å². The van der Waals surface area contributed by atoms with Crippen LogP contribution in [0.25, 0.3) is 0 Å². The first-order valence-corrected chi connectivity index (χ1v) is 7.98. The summed E-state index contributed by atoms with van der Waals surface area (Å²) in [7, 11) is 0. The van der Waals surface area contributed by atoms with Gasteiger partial charge in [-0.25, -0.2) is 14.0 Å². The van der Waals surface area contributed by atoms with Crippen LogP contribution in [-0.2, 0) is 9.47 Å². The van der Waals surface area contributed by atoms with E-state index in [9.17, 15) is 24.2 Å². The monoisotopic (exact) mass is 359 g/mol. The number of rotatable bonds is 5. The molecular formula is C15H22FN3O6. The van der Waals surface area contributed by atoms with Crippen LogP contribution in [0.4, 0.5) is 15.0 Å². The summed E-state index contributed by atoms with van der Waals surface area (Å²) in [6.45, 7) is 5.48. The number of ether oxygens (including phenoxy) is 2. The second-order valence-corrected chi connectivity index (χ2v) is 6.08. The molecule has 1 fully saturated rings. The fourth-order valence-corrected chi connectivity index (χ4v) is 2.24. The van der Waals surface area contributed by atoms with Crippen LogP contribution in [0.3, 0.4) is 0 Å². The third-order valence-electron chi connectivity index (χ3n) is 4.07. The van der Waals surface area contributed by atoms with Crippen molar-refractivity contribution in [2.24, 2.45) is 5.92 Å². The Balaban J connectivity index is 2.12. The third kappa shape index (κ3) is 4.33. The Morgan fingerprint density at radius 1 is 1.52 bits per heavy atom. The van der Waals surface area contributed by atoms with Crippen molar-refractivity contribution >= 4 is 11.9 Å². The van der Waals surface area contributed by atoms with Gasteiger partial charge in [-0.15, -0.1) is 0 Å². The number of nitrogens with zero attached hydrogens (tertiary/aromatic N) is 2. The number of aliphatic hydroxyl groups is 2. The van der Waals surface area contributed by atoms with E-state index in [0.29, 0.717) is 0 Å². The Morgan fingerprint density at radius 2 is 2.20 bits per heavy atom. The lowest BCUT2D eigenvalue weighted by Gasteiger charge is -2.17. The van der Waals surface area contributed by atoms with E-state index in [0.717, 1.165) is 17.2 Å². The average molecular weight is 359 g/mol. The lowest BCUT2D eigenvalue weighted by molar-refractivity contribution is -0.0355. The number of aliphatic hydroxyl groups excluding tert-OH is 2. The minimum Gasteiger partial charge on any atom is -0.449 e. The maximum Gasteiger partial charge on any atom is 0.412 e. The summed E-state index contributed by atoms with van der Waals surface area (Å²) >= 11 is 0. The molecule has 1 aliphatic heterocycles. The van der Waals surface area contributed by atoms with Crippen molar-refractivity contribution in [3.63, 3.8) is 0 Å². The lowest BCUT2D eigenvalue weighted by Crippen LogP contribution is -2.36. The van der Waals surface area contributed by atoms with E-state index in [-0.39, 0.29) is 12.5 Å². The first-order valence-electron chi connectivity index (χ1n) is 7.98. The largest absolute Gasteiger partial charge is 0.449 e. The van der Waals surface area contributed by atoms with E-state index >= 15 is 0 Å². The van der Waals surface area contributed by atoms with Gasteiger partial charge in [0.2, 0.25) is 0 Å². The van der Waals surface area contributed by atoms with Crippen molar-refractivity contribution in [2.45, 2.75) is 51.7 Å². The molecule has 0 radical (unpaired) electrons. The summed E-state index contributed by atoms with van der Waals surface area (Å²) in [4.78, 5) is 27.1. The van der Waals surface area contributed by atoms with Gasteiger partial charge < -0.3 is 19.7 Å². The van der Waals surface area contributed by atoms with Crippen molar-refractivity contribution < 1.29 is 28.9 Å². The van der Waals surface area contributed by atoms with Gasteiger partial charge in [-0.05, 0) is 12.8 Å². The molecule has 1 amide bonds. The molecule has 3 N–H and O–H groups in total. The molecule has 0 spiro atoms. The number of hydrogen-bond acceptors (Lipinski definition) is 7. The first kappa shape index (κ1) is 19.3. The number of aromatic nitrogens is 2. The summed E-state index contributed by atoms with van der Waals surface area (Å²) < 4.78 is 25.0. The van der Waals surface area contributed by atoms with Gasteiger partial charge in [0.25, 0.3) is 0 Å². The van der Waals surface area contributed by atoms with Crippen LogP contribution < -0.4 is 11.0 Å². The topological polar surface area (TPSA) is 123 Å². The number of amides is 1. The molecule has 9 nitrogen and oxygen atoms in total. The zero-order valence-electron chi connectivity index (χ0n) is 14.2. The van der Waals surface area contributed by atoms with E-state index in [2.05, 4.69) is 10.3 Å². The van der Waals surface area contributed by atoms with Gasteiger partial charge in [-0.2, -0.15) is 4.98 Å². The average Bonchev–Trinajstić information content (AvgIpc) is 2.83.